The van der Waals surface area contributed by atoms with Gasteiger partial charge in [-0.1, -0.05) is 71.7 Å². The largest absolute Gasteiger partial charge is 0.506 e. The molecule has 10 heteroatoms. The van der Waals surface area contributed by atoms with E-state index in [1.807, 2.05) is 53.2 Å². The quantitative estimate of drug-likeness (QED) is 0.270. The van der Waals surface area contributed by atoms with Crippen LogP contribution < -0.4 is 10.2 Å². The molecule has 3 heterocycles. The number of hydrogen-bond donors (Lipinski definition) is 2. The monoisotopic (exact) mass is 563 g/mol. The van der Waals surface area contributed by atoms with Crippen LogP contribution in [0.3, 0.4) is 0 Å². The summed E-state index contributed by atoms with van der Waals surface area (Å²) in [6, 6.07) is 24.5. The van der Waals surface area contributed by atoms with Crippen molar-refractivity contribution >= 4 is 40.6 Å². The van der Waals surface area contributed by atoms with Crippen LogP contribution in [0.25, 0.3) is 16.9 Å². The molecule has 2 aromatic heterocycles. The summed E-state index contributed by atoms with van der Waals surface area (Å²) in [5.41, 5.74) is 2.78. The van der Waals surface area contributed by atoms with Crippen molar-refractivity contribution in [1.82, 2.24) is 19.9 Å². The lowest BCUT2D eigenvalue weighted by atomic mass is 10.1. The van der Waals surface area contributed by atoms with E-state index in [1.54, 1.807) is 18.2 Å². The first-order valence-electron chi connectivity index (χ1n) is 12.2. The summed E-state index contributed by atoms with van der Waals surface area (Å²) in [7, 11) is 0. The van der Waals surface area contributed by atoms with Crippen molar-refractivity contribution in [3.63, 3.8) is 0 Å². The van der Waals surface area contributed by atoms with Gasteiger partial charge in [-0.15, -0.1) is 5.10 Å². The number of carbonyl (C=O) groups is 1. The number of amides is 1. The van der Waals surface area contributed by atoms with E-state index in [0.29, 0.717) is 6.54 Å². The summed E-state index contributed by atoms with van der Waals surface area (Å²) in [5, 5.41) is 18.2. The average molecular weight is 564 g/mol. The molecule has 7 nitrogen and oxygen atoms in total. The van der Waals surface area contributed by atoms with Crippen LogP contribution in [0.15, 0.2) is 91.1 Å². The summed E-state index contributed by atoms with van der Waals surface area (Å²) >= 11 is 11.9. The van der Waals surface area contributed by atoms with Crippen molar-refractivity contribution < 1.29 is 14.3 Å². The molecule has 5 aromatic rings. The molecule has 0 unspecified atom stereocenters. The number of hydrogen-bond acceptors (Lipinski definition) is 5. The zero-order chi connectivity index (χ0) is 27.4. The first-order chi connectivity index (χ1) is 18.9. The second kappa shape index (κ2) is 11.7. The molecule has 1 aliphatic heterocycles. The van der Waals surface area contributed by atoms with E-state index >= 15 is 0 Å². The van der Waals surface area contributed by atoms with Crippen molar-refractivity contribution in [1.29, 1.82) is 0 Å². The Bertz CT molecular complexity index is 1600. The Balaban J connectivity index is 0.000000384. The second-order valence-electron chi connectivity index (χ2n) is 8.96. The van der Waals surface area contributed by atoms with Gasteiger partial charge >= 0.3 is 0 Å². The van der Waals surface area contributed by atoms with Crippen LogP contribution >= 0.6 is 23.2 Å². The molecular weight excluding hydrogens is 540 g/mol. The van der Waals surface area contributed by atoms with Crippen molar-refractivity contribution in [3.8, 4) is 17.0 Å². The van der Waals surface area contributed by atoms with E-state index in [0.717, 1.165) is 35.7 Å². The zero-order valence-electron chi connectivity index (χ0n) is 20.6. The minimum Gasteiger partial charge on any atom is -0.506 e. The molecule has 39 heavy (non-hydrogen) atoms. The molecule has 1 saturated heterocycles. The van der Waals surface area contributed by atoms with E-state index in [2.05, 4.69) is 15.2 Å². The number of carbonyl (C=O) groups excluding carboxylic acids is 1. The summed E-state index contributed by atoms with van der Waals surface area (Å²) in [6.07, 6.45) is 2.56. The number of halogens is 3. The molecule has 0 saturated carbocycles. The van der Waals surface area contributed by atoms with Crippen LogP contribution in [0.4, 0.5) is 10.2 Å². The molecular formula is C29H24Cl2FN5O2. The highest BCUT2D eigenvalue weighted by molar-refractivity contribution is 6.36. The summed E-state index contributed by atoms with van der Waals surface area (Å²) < 4.78 is 13.7. The molecule has 3 aromatic carbocycles. The van der Waals surface area contributed by atoms with Crippen molar-refractivity contribution in [2.24, 2.45) is 0 Å². The lowest BCUT2D eigenvalue weighted by Gasteiger charge is -2.18. The van der Waals surface area contributed by atoms with Gasteiger partial charge < -0.3 is 15.3 Å². The molecule has 6 rings (SSSR count). The summed E-state index contributed by atoms with van der Waals surface area (Å²) in [6.45, 7) is 1.33. The van der Waals surface area contributed by atoms with Crippen molar-refractivity contribution in [2.75, 3.05) is 18.0 Å². The third-order valence-corrected chi connectivity index (χ3v) is 6.78. The van der Waals surface area contributed by atoms with Gasteiger partial charge in [-0.05, 0) is 42.8 Å². The first-order valence-corrected chi connectivity index (χ1v) is 13.0. The fourth-order valence-electron chi connectivity index (χ4n) is 4.34. The van der Waals surface area contributed by atoms with Gasteiger partial charge in [0.25, 0.3) is 5.91 Å². The molecule has 0 spiro atoms. The molecule has 1 atom stereocenters. The predicted molar refractivity (Wildman–Crippen MR) is 151 cm³/mol. The van der Waals surface area contributed by atoms with Crippen LogP contribution in [0.2, 0.25) is 10.0 Å². The third-order valence-electron chi connectivity index (χ3n) is 6.27. The molecule has 0 bridgehead atoms. The topological polar surface area (TPSA) is 82.8 Å². The SMILES string of the molecule is Fc1ccccc1.O=C(N[C@H]1CCN(c2ccc3ncc(-c4ccccc4)n3n2)C1)c1cc(Cl)cc(Cl)c1O. The average Bonchev–Trinajstić information content (AvgIpc) is 3.59. The maximum Gasteiger partial charge on any atom is 0.255 e. The standard InChI is InChI=1S/C23H19Cl2N5O2.C6H5F/c24-15-10-17(22(31)18(25)11-15)23(32)27-16-8-9-29(13-16)21-7-6-20-26-12-19(30(20)28-21)14-4-2-1-3-5-14;7-6-4-2-1-3-5-6/h1-7,10-12,16,31H,8-9,13H2,(H,27,32);1-5H/t16-;/m0./s1. The number of benzene rings is 3. The summed E-state index contributed by atoms with van der Waals surface area (Å²) in [4.78, 5) is 19.2. The normalized spacial score (nSPS) is 14.6. The van der Waals surface area contributed by atoms with Gasteiger partial charge in [-0.25, -0.2) is 13.9 Å². The Morgan fingerprint density at radius 2 is 1.72 bits per heavy atom. The van der Waals surface area contributed by atoms with Gasteiger partial charge in [0.1, 0.15) is 17.4 Å². The Kier molecular flexibility index (Phi) is 7.95. The molecule has 198 valence electrons. The van der Waals surface area contributed by atoms with E-state index in [1.165, 1.54) is 24.3 Å². The lowest BCUT2D eigenvalue weighted by Crippen LogP contribution is -2.37. The summed E-state index contributed by atoms with van der Waals surface area (Å²) in [5.74, 6) is -0.0622. The zero-order valence-corrected chi connectivity index (χ0v) is 22.1. The predicted octanol–water partition coefficient (Wildman–Crippen LogP) is 6.24. The number of anilines is 1. The fourth-order valence-corrected chi connectivity index (χ4v) is 4.83. The van der Waals surface area contributed by atoms with Crippen LogP contribution in [0, 0.1) is 5.82 Å². The Hall–Kier alpha value is -4.14. The van der Waals surface area contributed by atoms with Crippen molar-refractivity contribution in [3.05, 3.63) is 113 Å². The molecule has 1 aliphatic rings. The Morgan fingerprint density at radius 3 is 2.41 bits per heavy atom. The molecule has 1 amide bonds. The van der Waals surface area contributed by atoms with Gasteiger partial charge in [0.2, 0.25) is 0 Å². The van der Waals surface area contributed by atoms with Crippen molar-refractivity contribution in [2.45, 2.75) is 12.5 Å². The number of aromatic hydroxyl groups is 1. The number of phenolic OH excluding ortho intramolecular Hbond substituents is 1. The van der Waals surface area contributed by atoms with Crippen LogP contribution in [0.1, 0.15) is 16.8 Å². The van der Waals surface area contributed by atoms with Crippen LogP contribution in [-0.4, -0.2) is 44.7 Å². The Labute approximate surface area is 234 Å². The number of aromatic nitrogens is 3. The fraction of sp³-hybridized carbons (Fsp3) is 0.138. The number of nitrogens with one attached hydrogen (secondary N) is 1. The lowest BCUT2D eigenvalue weighted by molar-refractivity contribution is 0.0937. The smallest absolute Gasteiger partial charge is 0.255 e. The van der Waals surface area contributed by atoms with Gasteiger partial charge in [0.15, 0.2) is 5.65 Å². The highest BCUT2D eigenvalue weighted by Crippen LogP contribution is 2.31. The molecule has 2 N–H and O–H groups in total. The molecule has 0 radical (unpaired) electrons. The van der Waals surface area contributed by atoms with E-state index in [9.17, 15) is 14.3 Å². The molecule has 0 aliphatic carbocycles. The minimum absolute atomic E-state index is 0.0442. The first kappa shape index (κ1) is 26.5. The van der Waals surface area contributed by atoms with Gasteiger partial charge in [0, 0.05) is 29.7 Å². The number of rotatable bonds is 4. The van der Waals surface area contributed by atoms with E-state index < -0.39 is 5.91 Å². The number of nitrogens with zero attached hydrogens (tertiary/aromatic N) is 4. The third kappa shape index (κ3) is 6.13. The number of phenols is 1. The van der Waals surface area contributed by atoms with Crippen LogP contribution in [0.5, 0.6) is 5.75 Å². The minimum atomic E-state index is -0.414. The van der Waals surface area contributed by atoms with Gasteiger partial charge in [-0.2, -0.15) is 0 Å². The van der Waals surface area contributed by atoms with Gasteiger partial charge in [0.05, 0.1) is 22.5 Å². The maximum atomic E-state index is 12.7. The van der Waals surface area contributed by atoms with Crippen LogP contribution in [-0.2, 0) is 0 Å². The second-order valence-corrected chi connectivity index (χ2v) is 9.80. The highest BCUT2D eigenvalue weighted by atomic mass is 35.5. The number of imidazole rings is 1. The Morgan fingerprint density at radius 1 is 1.00 bits per heavy atom. The van der Waals surface area contributed by atoms with Gasteiger partial charge in [-0.3, -0.25) is 4.79 Å². The van der Waals surface area contributed by atoms with E-state index in [-0.39, 0.29) is 33.2 Å². The maximum absolute atomic E-state index is 12.7. The molecule has 1 fully saturated rings. The highest BCUT2D eigenvalue weighted by Gasteiger charge is 2.27. The number of fused-ring (bicyclic) bond motifs is 1. The van der Waals surface area contributed by atoms with E-state index in [4.69, 9.17) is 28.3 Å².